The summed E-state index contributed by atoms with van der Waals surface area (Å²) in [6, 6.07) is 12.8. The van der Waals surface area contributed by atoms with E-state index in [9.17, 15) is 9.00 Å². The van der Waals surface area contributed by atoms with Crippen LogP contribution in [0.2, 0.25) is 10.0 Å². The van der Waals surface area contributed by atoms with E-state index in [-0.39, 0.29) is 5.56 Å². The third-order valence-electron chi connectivity index (χ3n) is 6.81. The van der Waals surface area contributed by atoms with E-state index in [4.69, 9.17) is 28.2 Å². The second-order valence-corrected chi connectivity index (χ2v) is 11.4. The SMILES string of the molecule is CCN(CC)S(=O)c1ccc(-c2nc3c(-c4ccc(Cl)cc4Cl)c(C4=CC=CCC4)[nH]n3c(=O)c2C)cc1. The molecule has 0 saturated carbocycles. The summed E-state index contributed by atoms with van der Waals surface area (Å²) in [5.41, 5.74) is 5.54. The Morgan fingerprint density at radius 3 is 2.47 bits per heavy atom. The van der Waals surface area contributed by atoms with Crippen LogP contribution in [0.3, 0.4) is 0 Å². The Balaban J connectivity index is 1.72. The van der Waals surface area contributed by atoms with E-state index in [1.54, 1.807) is 19.1 Å². The fourth-order valence-corrected chi connectivity index (χ4v) is 6.40. The zero-order valence-electron chi connectivity index (χ0n) is 21.4. The van der Waals surface area contributed by atoms with E-state index < -0.39 is 11.0 Å². The number of H-pyrrole nitrogens is 1. The second-order valence-electron chi connectivity index (χ2n) is 9.08. The Morgan fingerprint density at radius 2 is 1.84 bits per heavy atom. The fourth-order valence-electron chi connectivity index (χ4n) is 4.76. The van der Waals surface area contributed by atoms with Gasteiger partial charge >= 0.3 is 0 Å². The highest BCUT2D eigenvalue weighted by Crippen LogP contribution is 2.39. The van der Waals surface area contributed by atoms with Crippen LogP contribution >= 0.6 is 23.2 Å². The highest BCUT2D eigenvalue weighted by molar-refractivity contribution is 7.82. The third-order valence-corrected chi connectivity index (χ3v) is 9.02. The Bertz CT molecular complexity index is 1660. The molecule has 9 heteroatoms. The molecule has 2 aromatic carbocycles. The molecule has 0 aliphatic heterocycles. The van der Waals surface area contributed by atoms with Gasteiger partial charge in [0, 0.05) is 34.8 Å². The van der Waals surface area contributed by atoms with Crippen molar-refractivity contribution >= 4 is 45.4 Å². The molecule has 0 bridgehead atoms. The highest BCUT2D eigenvalue weighted by atomic mass is 35.5. The lowest BCUT2D eigenvalue weighted by molar-refractivity contribution is 0.489. The molecule has 2 heterocycles. The molecule has 0 amide bonds. The first-order chi connectivity index (χ1) is 18.3. The molecule has 0 radical (unpaired) electrons. The lowest BCUT2D eigenvalue weighted by Crippen LogP contribution is -2.25. The van der Waals surface area contributed by atoms with Crippen LogP contribution in [0.15, 0.2) is 70.4 Å². The van der Waals surface area contributed by atoms with Gasteiger partial charge in [-0.3, -0.25) is 9.89 Å². The maximum Gasteiger partial charge on any atom is 0.276 e. The number of hydrogen-bond donors (Lipinski definition) is 1. The van der Waals surface area contributed by atoms with Gasteiger partial charge in [0.15, 0.2) is 5.65 Å². The van der Waals surface area contributed by atoms with Gasteiger partial charge in [-0.05, 0) is 49.6 Å². The zero-order chi connectivity index (χ0) is 27.0. The highest BCUT2D eigenvalue weighted by Gasteiger charge is 2.24. The molecule has 0 saturated heterocycles. The van der Waals surface area contributed by atoms with E-state index in [0.29, 0.717) is 44.9 Å². The van der Waals surface area contributed by atoms with Gasteiger partial charge in [0.2, 0.25) is 0 Å². The van der Waals surface area contributed by atoms with Gasteiger partial charge in [-0.25, -0.2) is 18.0 Å². The summed E-state index contributed by atoms with van der Waals surface area (Å²) in [6.07, 6.45) is 7.92. The van der Waals surface area contributed by atoms with E-state index in [2.05, 4.69) is 17.3 Å². The van der Waals surface area contributed by atoms with Crippen LogP contribution in [0.25, 0.3) is 33.6 Å². The Kier molecular flexibility index (Phi) is 7.73. The summed E-state index contributed by atoms with van der Waals surface area (Å²) in [5.74, 6) is 0. The second kappa shape index (κ2) is 11.0. The van der Waals surface area contributed by atoms with E-state index in [1.165, 1.54) is 4.52 Å². The third kappa shape index (κ3) is 4.80. The van der Waals surface area contributed by atoms with Crippen LogP contribution in [0.5, 0.6) is 0 Å². The first-order valence-electron chi connectivity index (χ1n) is 12.6. The molecule has 0 fully saturated rings. The number of rotatable bonds is 7. The Morgan fingerprint density at radius 1 is 1.11 bits per heavy atom. The average molecular weight is 568 g/mol. The number of benzene rings is 2. The largest absolute Gasteiger partial charge is 0.289 e. The predicted octanol–water partition coefficient (Wildman–Crippen LogP) is 7.07. The molecule has 6 nitrogen and oxygen atoms in total. The Labute approximate surface area is 234 Å². The number of hydrogen-bond acceptors (Lipinski definition) is 3. The normalized spacial score (nSPS) is 14.3. The molecule has 2 aromatic heterocycles. The maximum atomic E-state index is 13.6. The molecule has 1 unspecified atom stereocenters. The van der Waals surface area contributed by atoms with Gasteiger partial charge in [-0.2, -0.15) is 0 Å². The lowest BCUT2D eigenvalue weighted by Gasteiger charge is -2.17. The van der Waals surface area contributed by atoms with Gasteiger partial charge < -0.3 is 0 Å². The topological polar surface area (TPSA) is 70.5 Å². The summed E-state index contributed by atoms with van der Waals surface area (Å²) in [4.78, 5) is 19.4. The van der Waals surface area contributed by atoms with Crippen molar-refractivity contribution < 1.29 is 4.21 Å². The number of fused-ring (bicyclic) bond motifs is 1. The molecule has 4 aromatic rings. The molecular formula is C29H28Cl2N4O2S. The van der Waals surface area contributed by atoms with Crippen molar-refractivity contribution in [1.82, 2.24) is 18.9 Å². The van der Waals surface area contributed by atoms with Crippen molar-refractivity contribution in [3.8, 4) is 22.4 Å². The van der Waals surface area contributed by atoms with Gasteiger partial charge in [-0.15, -0.1) is 0 Å². The van der Waals surface area contributed by atoms with E-state index >= 15 is 0 Å². The van der Waals surface area contributed by atoms with Crippen LogP contribution in [0.4, 0.5) is 0 Å². The number of nitrogens with one attached hydrogen (secondary N) is 1. The summed E-state index contributed by atoms with van der Waals surface area (Å²) < 4.78 is 16.3. The molecule has 5 rings (SSSR count). The lowest BCUT2D eigenvalue weighted by atomic mass is 9.96. The molecule has 1 atom stereocenters. The standard InChI is InChI=1S/C29H28Cl2N4O2S/c1-4-34(5-2)38(37)22-14-11-20(12-15-22)26-18(3)29(36)35-28(32-26)25(23-16-13-21(30)17-24(23)31)27(33-35)19-9-7-6-8-10-19/h6-7,9,11-17,33H,4-5,8,10H2,1-3H3. The van der Waals surface area contributed by atoms with E-state index in [1.807, 2.05) is 54.6 Å². The predicted molar refractivity (Wildman–Crippen MR) is 157 cm³/mol. The summed E-state index contributed by atoms with van der Waals surface area (Å²) in [5, 5.41) is 4.32. The van der Waals surface area contributed by atoms with Crippen molar-refractivity contribution in [3.63, 3.8) is 0 Å². The minimum Gasteiger partial charge on any atom is -0.289 e. The quantitative estimate of drug-likeness (QED) is 0.260. The van der Waals surface area contributed by atoms with Crippen LogP contribution < -0.4 is 5.56 Å². The smallest absolute Gasteiger partial charge is 0.276 e. The van der Waals surface area contributed by atoms with Gasteiger partial charge in [0.1, 0.15) is 11.0 Å². The van der Waals surface area contributed by atoms with Crippen LogP contribution in [-0.2, 0) is 11.0 Å². The van der Waals surface area contributed by atoms with Crippen molar-refractivity contribution in [2.75, 3.05) is 13.1 Å². The molecule has 196 valence electrons. The zero-order valence-corrected chi connectivity index (χ0v) is 23.8. The number of aromatic amines is 1. The van der Waals surface area contributed by atoms with Gasteiger partial charge in [-0.1, -0.05) is 73.5 Å². The number of aromatic nitrogens is 3. The molecule has 38 heavy (non-hydrogen) atoms. The van der Waals surface area contributed by atoms with Gasteiger partial charge in [0.05, 0.1) is 26.9 Å². The van der Waals surface area contributed by atoms with Crippen molar-refractivity contribution in [3.05, 3.63) is 92.3 Å². The monoisotopic (exact) mass is 566 g/mol. The maximum absolute atomic E-state index is 13.6. The average Bonchev–Trinajstić information content (AvgIpc) is 3.31. The van der Waals surface area contributed by atoms with Gasteiger partial charge in [0.25, 0.3) is 5.56 Å². The summed E-state index contributed by atoms with van der Waals surface area (Å²) >= 11 is 12.9. The summed E-state index contributed by atoms with van der Waals surface area (Å²) in [6.45, 7) is 7.13. The van der Waals surface area contributed by atoms with Crippen molar-refractivity contribution in [2.24, 2.45) is 0 Å². The summed E-state index contributed by atoms with van der Waals surface area (Å²) in [7, 11) is -1.25. The molecule has 1 aliphatic carbocycles. The molecule has 1 N–H and O–H groups in total. The van der Waals surface area contributed by atoms with Crippen LogP contribution in [0, 0.1) is 6.92 Å². The fraction of sp³-hybridized carbons (Fsp3) is 0.241. The number of halogens is 2. The van der Waals surface area contributed by atoms with Crippen LogP contribution in [-0.4, -0.2) is 36.2 Å². The first-order valence-corrected chi connectivity index (χ1v) is 14.4. The van der Waals surface area contributed by atoms with Crippen LogP contribution in [0.1, 0.15) is 37.9 Å². The molecule has 1 aliphatic rings. The first kappa shape index (κ1) is 26.6. The van der Waals surface area contributed by atoms with Crippen molar-refractivity contribution in [1.29, 1.82) is 0 Å². The molecular weight excluding hydrogens is 539 g/mol. The number of allylic oxidation sites excluding steroid dienone is 4. The Hall–Kier alpha value is -2.97. The van der Waals surface area contributed by atoms with Crippen molar-refractivity contribution in [2.45, 2.75) is 38.5 Å². The van der Waals surface area contributed by atoms with E-state index in [0.717, 1.165) is 40.8 Å². The minimum absolute atomic E-state index is 0.190. The number of nitrogens with zero attached hydrogens (tertiary/aromatic N) is 3. The molecule has 0 spiro atoms. The minimum atomic E-state index is -1.25.